The number of likely N-dealkylation sites (tertiary alicyclic amines) is 1. The number of benzene rings is 2. The molecule has 0 bridgehead atoms. The Bertz CT molecular complexity index is 881. The number of nitrogens with one attached hydrogen (secondary N) is 3. The van der Waals surface area contributed by atoms with Crippen molar-refractivity contribution in [3.63, 3.8) is 0 Å². The number of guanidine groups is 1. The molecule has 33 heavy (non-hydrogen) atoms. The van der Waals surface area contributed by atoms with Crippen molar-refractivity contribution >= 4 is 35.8 Å². The largest absolute Gasteiger partial charge is 0.357 e. The summed E-state index contributed by atoms with van der Waals surface area (Å²) in [4.78, 5) is 19.2. The molecule has 0 aliphatic carbocycles. The third kappa shape index (κ3) is 8.30. The molecule has 1 unspecified atom stereocenters. The number of nitrogens with zero attached hydrogens (tertiary/aromatic N) is 2. The molecule has 1 atom stereocenters. The Kier molecular flexibility index (Phi) is 11.7. The van der Waals surface area contributed by atoms with Gasteiger partial charge in [-0.05, 0) is 56.4 Å². The van der Waals surface area contributed by atoms with Gasteiger partial charge in [-0.3, -0.25) is 14.7 Å². The molecule has 3 rings (SSSR count). The first kappa shape index (κ1) is 27.1. The van der Waals surface area contributed by atoms with Gasteiger partial charge < -0.3 is 16.0 Å². The molecule has 0 spiro atoms. The molecule has 0 aromatic heterocycles. The maximum atomic E-state index is 11.8. The topological polar surface area (TPSA) is 68.8 Å². The van der Waals surface area contributed by atoms with Crippen LogP contribution in [0.5, 0.6) is 0 Å². The maximum absolute atomic E-state index is 11.8. The Morgan fingerprint density at radius 3 is 2.52 bits per heavy atom. The molecule has 7 heteroatoms. The summed E-state index contributed by atoms with van der Waals surface area (Å²) in [5.41, 5.74) is 3.19. The first-order valence-corrected chi connectivity index (χ1v) is 11.8. The summed E-state index contributed by atoms with van der Waals surface area (Å²) in [6.07, 6.45) is 3.01. The zero-order chi connectivity index (χ0) is 22.8. The Morgan fingerprint density at radius 1 is 1.12 bits per heavy atom. The first-order chi connectivity index (χ1) is 15.6. The van der Waals surface area contributed by atoms with Gasteiger partial charge in [0.1, 0.15) is 0 Å². The molecule has 2 aromatic rings. The minimum Gasteiger partial charge on any atom is -0.357 e. The number of rotatable bonds is 8. The Hall–Kier alpha value is -2.13. The van der Waals surface area contributed by atoms with Crippen LogP contribution < -0.4 is 16.0 Å². The summed E-state index contributed by atoms with van der Waals surface area (Å²) in [7, 11) is 1.65. The summed E-state index contributed by atoms with van der Waals surface area (Å²) < 4.78 is 0. The predicted molar refractivity (Wildman–Crippen MR) is 148 cm³/mol. The molecule has 1 fully saturated rings. The zero-order valence-electron chi connectivity index (χ0n) is 20.0. The predicted octanol–water partition coefficient (Wildman–Crippen LogP) is 3.99. The molecule has 3 N–H and O–H groups in total. The third-order valence-electron chi connectivity index (χ3n) is 6.13. The maximum Gasteiger partial charge on any atom is 0.251 e. The van der Waals surface area contributed by atoms with E-state index in [9.17, 15) is 4.79 Å². The third-order valence-corrected chi connectivity index (χ3v) is 6.13. The molecule has 1 amide bonds. The lowest BCUT2D eigenvalue weighted by Crippen LogP contribution is -2.49. The molecule has 0 radical (unpaired) electrons. The van der Waals surface area contributed by atoms with Gasteiger partial charge in [-0.2, -0.15) is 0 Å². The molecular weight excluding hydrogens is 525 g/mol. The lowest BCUT2D eigenvalue weighted by atomic mass is 10.0. The molecule has 1 heterocycles. The summed E-state index contributed by atoms with van der Waals surface area (Å²) in [6.45, 7) is 8.07. The van der Waals surface area contributed by atoms with E-state index in [0.717, 1.165) is 50.4 Å². The van der Waals surface area contributed by atoms with E-state index >= 15 is 0 Å². The SMILES string of the molecule is CCNC(=NCCc1cccc(C(=O)NC)c1)NC1CCN(C(C)c2ccccc2)CC1.I. The van der Waals surface area contributed by atoms with E-state index in [1.807, 2.05) is 24.3 Å². The highest BCUT2D eigenvalue weighted by atomic mass is 127. The fourth-order valence-electron chi connectivity index (χ4n) is 4.20. The van der Waals surface area contributed by atoms with Gasteiger partial charge in [0.15, 0.2) is 5.96 Å². The van der Waals surface area contributed by atoms with E-state index < -0.39 is 0 Å². The molecular formula is C26H38IN5O. The summed E-state index contributed by atoms with van der Waals surface area (Å²) in [5.74, 6) is 0.822. The van der Waals surface area contributed by atoms with E-state index in [1.54, 1.807) is 7.05 Å². The van der Waals surface area contributed by atoms with Crippen LogP contribution in [0.4, 0.5) is 0 Å². The van der Waals surface area contributed by atoms with Gasteiger partial charge in [-0.25, -0.2) is 0 Å². The van der Waals surface area contributed by atoms with Gasteiger partial charge in [0.05, 0.1) is 0 Å². The van der Waals surface area contributed by atoms with Gasteiger partial charge >= 0.3 is 0 Å². The van der Waals surface area contributed by atoms with Crippen LogP contribution in [0, 0.1) is 0 Å². The first-order valence-electron chi connectivity index (χ1n) is 11.8. The monoisotopic (exact) mass is 563 g/mol. The number of piperidine rings is 1. The lowest BCUT2D eigenvalue weighted by Gasteiger charge is -2.37. The summed E-state index contributed by atoms with van der Waals surface area (Å²) in [6, 6.07) is 19.4. The smallest absolute Gasteiger partial charge is 0.251 e. The fraction of sp³-hybridized carbons (Fsp3) is 0.462. The van der Waals surface area contributed by atoms with Crippen molar-refractivity contribution in [2.24, 2.45) is 4.99 Å². The normalized spacial score (nSPS) is 15.9. The van der Waals surface area contributed by atoms with Crippen molar-refractivity contribution < 1.29 is 4.79 Å². The van der Waals surface area contributed by atoms with Gasteiger partial charge in [0.2, 0.25) is 0 Å². The molecule has 0 saturated carbocycles. The lowest BCUT2D eigenvalue weighted by molar-refractivity contribution is 0.0963. The van der Waals surface area contributed by atoms with Gasteiger partial charge in [-0.15, -0.1) is 24.0 Å². The second-order valence-electron chi connectivity index (χ2n) is 8.33. The Labute approximate surface area is 215 Å². The average Bonchev–Trinajstić information content (AvgIpc) is 2.84. The van der Waals surface area contributed by atoms with Gasteiger partial charge in [0, 0.05) is 50.9 Å². The molecule has 180 valence electrons. The van der Waals surface area contributed by atoms with Crippen molar-refractivity contribution in [1.82, 2.24) is 20.9 Å². The van der Waals surface area contributed by atoms with Crippen LogP contribution in [0.1, 0.15) is 54.2 Å². The van der Waals surface area contributed by atoms with E-state index in [0.29, 0.717) is 24.2 Å². The van der Waals surface area contributed by atoms with Crippen LogP contribution in [0.15, 0.2) is 59.6 Å². The van der Waals surface area contributed by atoms with Crippen LogP contribution >= 0.6 is 24.0 Å². The number of hydrogen-bond donors (Lipinski definition) is 3. The van der Waals surface area contributed by atoms with E-state index in [1.165, 1.54) is 5.56 Å². The number of hydrogen-bond acceptors (Lipinski definition) is 3. The van der Waals surface area contributed by atoms with Crippen molar-refractivity contribution in [3.05, 3.63) is 71.3 Å². The highest BCUT2D eigenvalue weighted by Gasteiger charge is 2.24. The van der Waals surface area contributed by atoms with E-state index in [4.69, 9.17) is 4.99 Å². The zero-order valence-corrected chi connectivity index (χ0v) is 22.3. The number of halogens is 1. The molecule has 2 aromatic carbocycles. The van der Waals surface area contributed by atoms with Crippen molar-refractivity contribution in [2.45, 2.75) is 45.2 Å². The fourth-order valence-corrected chi connectivity index (χ4v) is 4.20. The standard InChI is InChI=1S/C26H37N5O.HI/c1-4-28-26(29-16-13-21-9-8-12-23(19-21)25(32)27-3)30-24-14-17-31(18-15-24)20(2)22-10-6-5-7-11-22;/h5-12,19-20,24H,4,13-18H2,1-3H3,(H,27,32)(H2,28,29,30);1H. The summed E-state index contributed by atoms with van der Waals surface area (Å²) in [5, 5.41) is 9.68. The Morgan fingerprint density at radius 2 is 1.85 bits per heavy atom. The molecule has 1 aliphatic heterocycles. The second kappa shape index (κ2) is 14.2. The van der Waals surface area contributed by atoms with Gasteiger partial charge in [-0.1, -0.05) is 42.5 Å². The van der Waals surface area contributed by atoms with Crippen LogP contribution in [0.2, 0.25) is 0 Å². The minimum atomic E-state index is -0.0571. The number of carbonyl (C=O) groups excluding carboxylic acids is 1. The molecule has 1 aliphatic rings. The van der Waals surface area contributed by atoms with E-state index in [-0.39, 0.29) is 29.9 Å². The van der Waals surface area contributed by atoms with Crippen LogP contribution in [0.3, 0.4) is 0 Å². The van der Waals surface area contributed by atoms with Crippen LogP contribution in [-0.2, 0) is 6.42 Å². The Balaban J connectivity index is 0.00000385. The second-order valence-corrected chi connectivity index (χ2v) is 8.33. The molecule has 1 saturated heterocycles. The van der Waals surface area contributed by atoms with Crippen molar-refractivity contribution in [1.29, 1.82) is 0 Å². The highest BCUT2D eigenvalue weighted by molar-refractivity contribution is 14.0. The molecule has 6 nitrogen and oxygen atoms in total. The number of carbonyl (C=O) groups is 1. The summed E-state index contributed by atoms with van der Waals surface area (Å²) >= 11 is 0. The van der Waals surface area contributed by atoms with E-state index in [2.05, 4.69) is 65.0 Å². The van der Waals surface area contributed by atoms with Crippen LogP contribution in [-0.4, -0.2) is 56.0 Å². The highest BCUT2D eigenvalue weighted by Crippen LogP contribution is 2.24. The minimum absolute atomic E-state index is 0. The van der Waals surface area contributed by atoms with Crippen LogP contribution in [0.25, 0.3) is 0 Å². The van der Waals surface area contributed by atoms with Crippen molar-refractivity contribution in [2.75, 3.05) is 33.2 Å². The average molecular weight is 564 g/mol. The number of aliphatic imine (C=N–C) groups is 1. The van der Waals surface area contributed by atoms with Crippen molar-refractivity contribution in [3.8, 4) is 0 Å². The quantitative estimate of drug-likeness (QED) is 0.258. The van der Waals surface area contributed by atoms with Gasteiger partial charge in [0.25, 0.3) is 5.91 Å². The number of amides is 1.